The minimum absolute atomic E-state index is 0.744. The molecule has 0 aliphatic heterocycles. The number of thiazole rings is 1. The number of hydrogen-bond acceptors (Lipinski definition) is 5. The number of benzene rings is 1. The molecule has 0 bridgehead atoms. The first-order valence-electron chi connectivity index (χ1n) is 7.03. The van der Waals surface area contributed by atoms with Crippen LogP contribution in [0.25, 0.3) is 11.3 Å². The first-order valence-corrected chi connectivity index (χ1v) is 7.91. The zero-order chi connectivity index (χ0) is 15.1. The Bertz CT molecular complexity index is 569. The van der Waals surface area contributed by atoms with E-state index in [2.05, 4.69) is 29.8 Å². The standard InChI is InChI=1S/C16H22N2O2S/c1-12-10-13(4-5-15(12)20-3)14-11-21-16(18-14)6-7-17-8-9-19-2/h4-5,10-11,17H,6-9H2,1-3H3. The van der Waals surface area contributed by atoms with Crippen molar-refractivity contribution in [1.29, 1.82) is 0 Å². The van der Waals surface area contributed by atoms with Gasteiger partial charge in [-0.05, 0) is 30.7 Å². The van der Waals surface area contributed by atoms with Gasteiger partial charge in [0.15, 0.2) is 0 Å². The number of hydrogen-bond donors (Lipinski definition) is 1. The van der Waals surface area contributed by atoms with E-state index in [0.717, 1.165) is 53.7 Å². The first kappa shape index (κ1) is 15.9. The Labute approximate surface area is 130 Å². The van der Waals surface area contributed by atoms with Gasteiger partial charge < -0.3 is 14.8 Å². The summed E-state index contributed by atoms with van der Waals surface area (Å²) in [5.74, 6) is 0.913. The highest BCUT2D eigenvalue weighted by atomic mass is 32.1. The molecule has 1 aromatic carbocycles. The normalized spacial score (nSPS) is 10.8. The Morgan fingerprint density at radius 1 is 1.24 bits per heavy atom. The highest BCUT2D eigenvalue weighted by Gasteiger charge is 2.06. The molecule has 0 aliphatic rings. The lowest BCUT2D eigenvalue weighted by molar-refractivity contribution is 0.199. The van der Waals surface area contributed by atoms with Crippen LogP contribution in [0, 0.1) is 6.92 Å². The fourth-order valence-corrected chi connectivity index (χ4v) is 2.90. The molecule has 2 rings (SSSR count). The molecule has 21 heavy (non-hydrogen) atoms. The number of ether oxygens (including phenoxy) is 2. The minimum atomic E-state index is 0.744. The third-order valence-corrected chi connectivity index (χ3v) is 4.15. The van der Waals surface area contributed by atoms with Gasteiger partial charge in [0, 0.05) is 37.6 Å². The lowest BCUT2D eigenvalue weighted by atomic mass is 10.1. The summed E-state index contributed by atoms with van der Waals surface area (Å²) in [5.41, 5.74) is 3.31. The first-order chi connectivity index (χ1) is 10.2. The van der Waals surface area contributed by atoms with E-state index in [1.807, 2.05) is 6.07 Å². The number of rotatable bonds is 8. The molecule has 5 heteroatoms. The molecule has 4 nitrogen and oxygen atoms in total. The van der Waals surface area contributed by atoms with Crippen LogP contribution in [0.2, 0.25) is 0 Å². The number of nitrogens with zero attached hydrogens (tertiary/aromatic N) is 1. The molecule has 0 saturated heterocycles. The van der Waals surface area contributed by atoms with E-state index >= 15 is 0 Å². The van der Waals surface area contributed by atoms with Crippen molar-refractivity contribution < 1.29 is 9.47 Å². The van der Waals surface area contributed by atoms with Crippen LogP contribution in [0.15, 0.2) is 23.6 Å². The van der Waals surface area contributed by atoms with Crippen molar-refractivity contribution in [3.05, 3.63) is 34.2 Å². The Morgan fingerprint density at radius 3 is 2.81 bits per heavy atom. The predicted octanol–water partition coefficient (Wildman–Crippen LogP) is 2.91. The summed E-state index contributed by atoms with van der Waals surface area (Å²) in [7, 11) is 3.41. The van der Waals surface area contributed by atoms with Crippen LogP contribution in [-0.4, -0.2) is 38.9 Å². The highest BCUT2D eigenvalue weighted by Crippen LogP contribution is 2.27. The van der Waals surface area contributed by atoms with Crippen LogP contribution in [0.5, 0.6) is 5.75 Å². The zero-order valence-corrected chi connectivity index (χ0v) is 13.6. The average Bonchev–Trinajstić information content (AvgIpc) is 2.96. The third-order valence-electron chi connectivity index (χ3n) is 3.24. The van der Waals surface area contributed by atoms with Gasteiger partial charge in [-0.25, -0.2) is 4.98 Å². The lowest BCUT2D eigenvalue weighted by Gasteiger charge is -2.05. The maximum absolute atomic E-state index is 5.29. The SMILES string of the molecule is COCCNCCc1nc(-c2ccc(OC)c(C)c2)cs1. The van der Waals surface area contributed by atoms with Crippen LogP contribution >= 0.6 is 11.3 Å². The molecule has 1 aromatic heterocycles. The number of methoxy groups -OCH3 is 2. The molecule has 1 N–H and O–H groups in total. The van der Waals surface area contributed by atoms with Crippen LogP contribution in [0.1, 0.15) is 10.6 Å². The lowest BCUT2D eigenvalue weighted by Crippen LogP contribution is -2.21. The average molecular weight is 306 g/mol. The van der Waals surface area contributed by atoms with E-state index in [0.29, 0.717) is 0 Å². The van der Waals surface area contributed by atoms with Crippen molar-refractivity contribution in [2.45, 2.75) is 13.3 Å². The van der Waals surface area contributed by atoms with Crippen LogP contribution in [0.4, 0.5) is 0 Å². The number of nitrogens with one attached hydrogen (secondary N) is 1. The summed E-state index contributed by atoms with van der Waals surface area (Å²) in [6, 6.07) is 6.17. The quantitative estimate of drug-likeness (QED) is 0.762. The third kappa shape index (κ3) is 4.52. The van der Waals surface area contributed by atoms with E-state index in [-0.39, 0.29) is 0 Å². The fraction of sp³-hybridized carbons (Fsp3) is 0.438. The Hall–Kier alpha value is -1.43. The Balaban J connectivity index is 1.94. The molecule has 114 valence electrons. The number of aryl methyl sites for hydroxylation is 1. The molecule has 0 saturated carbocycles. The van der Waals surface area contributed by atoms with Crippen LogP contribution in [0.3, 0.4) is 0 Å². The molecule has 0 aliphatic carbocycles. The topological polar surface area (TPSA) is 43.4 Å². The second kappa shape index (κ2) is 8.12. The maximum atomic E-state index is 5.29. The van der Waals surface area contributed by atoms with Gasteiger partial charge in [-0.15, -0.1) is 11.3 Å². The van der Waals surface area contributed by atoms with Gasteiger partial charge in [-0.2, -0.15) is 0 Å². The van der Waals surface area contributed by atoms with Crippen molar-refractivity contribution in [3.63, 3.8) is 0 Å². The van der Waals surface area contributed by atoms with Crippen molar-refractivity contribution in [1.82, 2.24) is 10.3 Å². The molecular formula is C16H22N2O2S. The van der Waals surface area contributed by atoms with E-state index in [1.54, 1.807) is 25.6 Å². The molecule has 0 atom stereocenters. The van der Waals surface area contributed by atoms with Gasteiger partial charge in [0.05, 0.1) is 24.4 Å². The molecule has 0 amide bonds. The van der Waals surface area contributed by atoms with Gasteiger partial charge >= 0.3 is 0 Å². The summed E-state index contributed by atoms with van der Waals surface area (Å²) in [4.78, 5) is 4.70. The van der Waals surface area contributed by atoms with Gasteiger partial charge in [0.25, 0.3) is 0 Å². The fourth-order valence-electron chi connectivity index (χ4n) is 2.09. The van der Waals surface area contributed by atoms with Gasteiger partial charge in [-0.3, -0.25) is 0 Å². The molecule has 2 aromatic rings. The largest absolute Gasteiger partial charge is 0.496 e. The summed E-state index contributed by atoms with van der Waals surface area (Å²) in [6.45, 7) is 4.61. The summed E-state index contributed by atoms with van der Waals surface area (Å²) >= 11 is 1.71. The number of aromatic nitrogens is 1. The summed E-state index contributed by atoms with van der Waals surface area (Å²) in [6.07, 6.45) is 0.948. The zero-order valence-electron chi connectivity index (χ0n) is 12.8. The Morgan fingerprint density at radius 2 is 2.10 bits per heavy atom. The maximum Gasteiger partial charge on any atom is 0.121 e. The second-order valence-electron chi connectivity index (χ2n) is 4.80. The molecular weight excluding hydrogens is 284 g/mol. The van der Waals surface area contributed by atoms with Crippen molar-refractivity contribution in [3.8, 4) is 17.0 Å². The Kier molecular flexibility index (Phi) is 6.17. The van der Waals surface area contributed by atoms with Gasteiger partial charge in [0.1, 0.15) is 5.75 Å². The molecule has 0 fully saturated rings. The monoisotopic (exact) mass is 306 g/mol. The van der Waals surface area contributed by atoms with Crippen LogP contribution in [-0.2, 0) is 11.2 Å². The van der Waals surface area contributed by atoms with Crippen molar-refractivity contribution in [2.75, 3.05) is 33.9 Å². The van der Waals surface area contributed by atoms with Crippen molar-refractivity contribution in [2.24, 2.45) is 0 Å². The van der Waals surface area contributed by atoms with Crippen LogP contribution < -0.4 is 10.1 Å². The van der Waals surface area contributed by atoms with Gasteiger partial charge in [0.2, 0.25) is 0 Å². The molecule has 0 spiro atoms. The minimum Gasteiger partial charge on any atom is -0.496 e. The molecule has 1 heterocycles. The van der Waals surface area contributed by atoms with Crippen molar-refractivity contribution >= 4 is 11.3 Å². The van der Waals surface area contributed by atoms with E-state index in [1.165, 1.54) is 0 Å². The van der Waals surface area contributed by atoms with E-state index in [9.17, 15) is 0 Å². The summed E-state index contributed by atoms with van der Waals surface area (Å²) < 4.78 is 10.3. The predicted molar refractivity (Wildman–Crippen MR) is 87.3 cm³/mol. The van der Waals surface area contributed by atoms with E-state index in [4.69, 9.17) is 14.5 Å². The summed E-state index contributed by atoms with van der Waals surface area (Å²) in [5, 5.41) is 6.61. The molecule has 0 radical (unpaired) electrons. The van der Waals surface area contributed by atoms with Gasteiger partial charge in [-0.1, -0.05) is 0 Å². The van der Waals surface area contributed by atoms with E-state index < -0.39 is 0 Å². The highest BCUT2D eigenvalue weighted by molar-refractivity contribution is 7.09. The second-order valence-corrected chi connectivity index (χ2v) is 5.75. The smallest absolute Gasteiger partial charge is 0.121 e. The molecule has 0 unspecified atom stereocenters.